The van der Waals surface area contributed by atoms with Crippen molar-refractivity contribution in [3.8, 4) is 0 Å². The Morgan fingerprint density at radius 2 is 0.750 bits per heavy atom. The van der Waals surface area contributed by atoms with Crippen LogP contribution in [-0.2, 0) is 0 Å². The van der Waals surface area contributed by atoms with Crippen LogP contribution in [0.5, 0.6) is 0 Å². The molecule has 2 heterocycles. The van der Waals surface area contributed by atoms with Crippen molar-refractivity contribution in [3.05, 3.63) is 0 Å². The molecule has 0 aromatic rings. The predicted molar refractivity (Wildman–Crippen MR) is 57.2 cm³/mol. The van der Waals surface area contributed by atoms with E-state index in [4.69, 9.17) is 0 Å². The lowest BCUT2D eigenvalue weighted by Gasteiger charge is -2.56. The van der Waals surface area contributed by atoms with Gasteiger partial charge < -0.3 is 0 Å². The molecule has 0 aromatic carbocycles. The average molecular weight is 221 g/mol. The van der Waals surface area contributed by atoms with Gasteiger partial charge in [-0.05, 0) is 22.2 Å². The van der Waals surface area contributed by atoms with Gasteiger partial charge in [0.15, 0.2) is 0 Å². The van der Waals surface area contributed by atoms with Crippen LogP contribution in [0.3, 0.4) is 0 Å². The minimum absolute atomic E-state index is 1.26. The third-order valence-corrected chi connectivity index (χ3v) is 12.6. The lowest BCUT2D eigenvalue weighted by molar-refractivity contribution is 0.471. The summed E-state index contributed by atoms with van der Waals surface area (Å²) in [6.07, 6.45) is 0. The topological polar surface area (TPSA) is 0 Å². The zero-order valence-corrected chi connectivity index (χ0v) is 11.1. The maximum Gasteiger partial charge on any atom is 0.0409 e. The smallest absolute Gasteiger partial charge is 0.0409 e. The van der Waals surface area contributed by atoms with Crippen LogP contribution in [0, 0.1) is 0 Å². The Kier molecular flexibility index (Phi) is 2.20. The number of hydrogen-bond acceptors (Lipinski definition) is 0. The first-order valence-electron chi connectivity index (χ1n) is 4.90. The Balaban J connectivity index is 1.73. The van der Waals surface area contributed by atoms with E-state index >= 15 is 0 Å². The summed E-state index contributed by atoms with van der Waals surface area (Å²) in [6, 6.07) is 6.37. The van der Waals surface area contributed by atoms with Crippen LogP contribution < -0.4 is 0 Å². The van der Waals surface area contributed by atoms with Crippen molar-refractivity contribution >= 4 is 38.1 Å². The molecule has 0 atom stereocenters. The highest BCUT2D eigenvalue weighted by Gasteiger charge is 2.51. The average Bonchev–Trinajstić information content (AvgIpc) is 2.14. The molecule has 0 spiro atoms. The third-order valence-electron chi connectivity index (χ3n) is 3.32. The van der Waals surface area contributed by atoms with E-state index in [9.17, 15) is 0 Å². The molecule has 2 saturated heterocycles. The van der Waals surface area contributed by atoms with Gasteiger partial charge >= 0.3 is 0 Å². The summed E-state index contributed by atoms with van der Waals surface area (Å²) in [7, 11) is 5.48. The number of rotatable bonds is 0. The molecule has 3 fully saturated rings. The molecule has 0 nitrogen and oxygen atoms in total. The minimum Gasteiger partial charge on any atom is -0.0638 e. The van der Waals surface area contributed by atoms with Crippen LogP contribution in [0.2, 0.25) is 46.3 Å². The van der Waals surface area contributed by atoms with Gasteiger partial charge in [-0.15, -0.1) is 0 Å². The highest BCUT2D eigenvalue weighted by Crippen LogP contribution is 2.65. The molecule has 4 heteroatoms. The fourth-order valence-electron chi connectivity index (χ4n) is 2.72. The Hall–Kier alpha value is 0.868. The third kappa shape index (κ3) is 1.11. The van der Waals surface area contributed by atoms with E-state index in [-0.39, 0.29) is 0 Å². The second-order valence-electron chi connectivity index (χ2n) is 3.92. The van der Waals surface area contributed by atoms with Gasteiger partial charge in [-0.25, -0.2) is 0 Å². The van der Waals surface area contributed by atoms with Gasteiger partial charge in [0.1, 0.15) is 0 Å². The summed E-state index contributed by atoms with van der Waals surface area (Å²) in [4.78, 5) is 0. The lowest BCUT2D eigenvalue weighted by Crippen LogP contribution is -2.46. The quantitative estimate of drug-likeness (QED) is 0.545. The van der Waals surface area contributed by atoms with Gasteiger partial charge in [-0.1, -0.05) is 24.2 Å². The van der Waals surface area contributed by atoms with E-state index in [1.807, 2.05) is 0 Å². The molecule has 3 rings (SSSR count). The SMILES string of the molecule is C1C[Si]C2C([Si]1)C1[Si]CC[Si]C21. The normalized spacial score (nSPS) is 52.0. The predicted octanol–water partition coefficient (Wildman–Crippen LogP) is 1.67. The first-order valence-corrected chi connectivity index (χ1v) is 10.0. The minimum atomic E-state index is 1.26. The highest BCUT2D eigenvalue weighted by atomic mass is 28.2. The van der Waals surface area contributed by atoms with Gasteiger partial charge in [-0.2, -0.15) is 0 Å². The molecule has 60 valence electrons. The highest BCUT2D eigenvalue weighted by molar-refractivity contribution is 6.62. The summed E-state index contributed by atoms with van der Waals surface area (Å²) in [5.74, 6) is 0. The summed E-state index contributed by atoms with van der Waals surface area (Å²) in [5, 5.41) is 0. The standard InChI is InChI=1S/C8H12Si4/c1-2-10-6-5(9-1)7-8(6)12-4-3-11-7/h5-8H,1-4H2. The zero-order valence-electron chi connectivity index (χ0n) is 7.14. The molecule has 1 aliphatic carbocycles. The fourth-order valence-corrected chi connectivity index (χ4v) is 13.7. The van der Waals surface area contributed by atoms with Gasteiger partial charge in [0.25, 0.3) is 0 Å². The van der Waals surface area contributed by atoms with E-state index in [1.165, 1.54) is 60.2 Å². The molecule has 0 aromatic heterocycles. The van der Waals surface area contributed by atoms with Crippen LogP contribution in [0.1, 0.15) is 0 Å². The van der Waals surface area contributed by atoms with Gasteiger partial charge in [0, 0.05) is 38.1 Å². The van der Waals surface area contributed by atoms with Gasteiger partial charge in [0.05, 0.1) is 0 Å². The molecular weight excluding hydrogens is 208 g/mol. The van der Waals surface area contributed by atoms with Crippen molar-refractivity contribution in [1.82, 2.24) is 0 Å². The van der Waals surface area contributed by atoms with Crippen LogP contribution in [0.15, 0.2) is 0 Å². The zero-order chi connectivity index (χ0) is 7.97. The Labute approximate surface area is 84.6 Å². The first kappa shape index (κ1) is 8.20. The van der Waals surface area contributed by atoms with Gasteiger partial charge in [-0.3, -0.25) is 0 Å². The van der Waals surface area contributed by atoms with Crippen molar-refractivity contribution in [2.24, 2.45) is 0 Å². The van der Waals surface area contributed by atoms with E-state index in [0.29, 0.717) is 0 Å². The van der Waals surface area contributed by atoms with E-state index in [2.05, 4.69) is 0 Å². The van der Waals surface area contributed by atoms with Crippen molar-refractivity contribution in [1.29, 1.82) is 0 Å². The number of fused-ring (bicyclic) bond motifs is 4. The van der Waals surface area contributed by atoms with Crippen LogP contribution in [0.4, 0.5) is 0 Å². The van der Waals surface area contributed by atoms with Crippen molar-refractivity contribution in [2.45, 2.75) is 46.3 Å². The second-order valence-corrected chi connectivity index (χ2v) is 10.2. The van der Waals surface area contributed by atoms with Crippen LogP contribution in [-0.4, -0.2) is 38.1 Å². The Bertz CT molecular complexity index is 136. The molecular formula is C8H12Si4. The number of hydrogen-bond donors (Lipinski definition) is 0. The van der Waals surface area contributed by atoms with Crippen molar-refractivity contribution in [2.75, 3.05) is 0 Å². The lowest BCUT2D eigenvalue weighted by atomic mass is 9.95. The molecule has 0 amide bonds. The fraction of sp³-hybridized carbons (Fsp3) is 1.00. The van der Waals surface area contributed by atoms with E-state index in [1.54, 1.807) is 24.2 Å². The Morgan fingerprint density at radius 3 is 1.00 bits per heavy atom. The van der Waals surface area contributed by atoms with Crippen molar-refractivity contribution < 1.29 is 0 Å². The van der Waals surface area contributed by atoms with Crippen LogP contribution in [0.25, 0.3) is 0 Å². The molecule has 12 heavy (non-hydrogen) atoms. The molecule has 2 aliphatic heterocycles. The first-order chi connectivity index (χ1) is 5.97. The van der Waals surface area contributed by atoms with E-state index in [0.717, 1.165) is 0 Å². The van der Waals surface area contributed by atoms with Crippen LogP contribution >= 0.6 is 0 Å². The monoisotopic (exact) mass is 220 g/mol. The maximum absolute atomic E-state index is 1.59. The summed E-state index contributed by atoms with van der Waals surface area (Å²) in [6.45, 7) is 0. The largest absolute Gasteiger partial charge is 0.0638 e. The molecule has 0 bridgehead atoms. The van der Waals surface area contributed by atoms with E-state index < -0.39 is 0 Å². The molecule has 1 saturated carbocycles. The van der Waals surface area contributed by atoms with Gasteiger partial charge in [0.2, 0.25) is 0 Å². The molecule has 0 N–H and O–H groups in total. The summed E-state index contributed by atoms with van der Waals surface area (Å²) < 4.78 is 0. The Morgan fingerprint density at radius 1 is 0.500 bits per heavy atom. The van der Waals surface area contributed by atoms with Crippen molar-refractivity contribution in [3.63, 3.8) is 0 Å². The molecule has 3 aliphatic rings. The molecule has 0 unspecified atom stereocenters. The second kappa shape index (κ2) is 3.22. The molecule has 8 radical (unpaired) electrons. The maximum atomic E-state index is 1.59. The summed E-state index contributed by atoms with van der Waals surface area (Å²) >= 11 is 0. The summed E-state index contributed by atoms with van der Waals surface area (Å²) in [5.41, 5.74) is 5.03.